The molecule has 14 aromatic rings. The average molecular weight is 1970 g/mol. The van der Waals surface area contributed by atoms with Crippen LogP contribution in [0.2, 0.25) is 20.1 Å². The highest BCUT2D eigenvalue weighted by Gasteiger charge is 2.32. The molecular weight excluding hydrogens is 1870 g/mol. The van der Waals surface area contributed by atoms with Crippen molar-refractivity contribution in [2.45, 2.75) is 72.4 Å². The first-order chi connectivity index (χ1) is 65.1. The van der Waals surface area contributed by atoms with E-state index >= 15 is 0 Å². The molecule has 6 aromatic heterocycles. The van der Waals surface area contributed by atoms with Crippen molar-refractivity contribution in [2.24, 2.45) is 0 Å². The molecule has 0 aliphatic carbocycles. The van der Waals surface area contributed by atoms with Crippen molar-refractivity contribution >= 4 is 189 Å². The molecule has 2 N–H and O–H groups in total. The number of hydrogen-bond acceptors (Lipinski definition) is 21. The first-order valence-electron chi connectivity index (χ1n) is 43.9. The topological polar surface area (TPSA) is 198 Å². The van der Waals surface area contributed by atoms with E-state index in [1.165, 1.54) is 58.9 Å². The lowest BCUT2D eigenvalue weighted by Gasteiger charge is -2.33. The summed E-state index contributed by atoms with van der Waals surface area (Å²) in [5.74, 6) is 5.64. The standard InChI is InChI=1S/C24H21Cl2NOS.C22H22N2O2S.C21H19FN2OS.C19H16N4O4S.C17H18Cl2N2O2S/c1-17-21(15-19-8-10-22(25)23(26)16-19)20(9-7-18-5-3-2-4-6-18)24(29-17)27-11-13-28-14-12-27;1-15-20(12-16-7-8-17-5-3-4-6-18(17)11-16)21(23-2)22(27-15)24-9-10-26-19(13-24)14-25;1-14-18(20(23-2)21(26-14)24-7-9-25-10-8-24)12-17-11-15-5-3-4-6-16(15)13-19(17)22;1-20-15-13(10-23-11-21-14-5-3-2-4-12(14)17(23)24)16(19(25)26)28-18(15)22-6-8-27-9-7-22;1-2-15(22)16-14(10-11-3-4-12(18)13(19)9-11)20-17(24-16)21-5-7-23-8-6-21/h2-6,8,10,16H,11-15H2,1H3;3-8,11,19,25H,9-10,12-14H2,1H3;3-6,11,13H,7-10,12H2,1H3;2-5,11H,6-10H2,(H,25,26);3-4,9H,2,5-8,10H2,1H3. The maximum atomic E-state index is 14.6. The number of carboxylic acids is 1. The number of aromatic carboxylic acids is 1. The lowest BCUT2D eigenvalue weighted by molar-refractivity contribution is 0.00378. The second kappa shape index (κ2) is 46.4. The van der Waals surface area contributed by atoms with Crippen LogP contribution in [0.15, 0.2) is 181 Å². The van der Waals surface area contributed by atoms with Gasteiger partial charge in [0.05, 0.1) is 160 Å². The van der Waals surface area contributed by atoms with Gasteiger partial charge in [0, 0.05) is 101 Å². The fraction of sp³-hybridized carbons (Fsp3) is 0.301. The van der Waals surface area contributed by atoms with Crippen molar-refractivity contribution in [3.8, 4) is 11.8 Å². The number of carboxylic acid groups (broad SMARTS) is 1. The highest BCUT2D eigenvalue weighted by molar-refractivity contribution is 7.19. The molecule has 31 heteroatoms. The third-order valence-corrected chi connectivity index (χ3v) is 31.0. The van der Waals surface area contributed by atoms with Gasteiger partial charge in [-0.15, -0.1) is 45.3 Å². The summed E-state index contributed by atoms with van der Waals surface area (Å²) in [6.45, 7) is 44.7. The number of halogens is 5. The van der Waals surface area contributed by atoms with E-state index in [2.05, 4.69) is 107 Å². The zero-order chi connectivity index (χ0) is 93.9. The van der Waals surface area contributed by atoms with Crippen LogP contribution < -0.4 is 30.1 Å². The maximum Gasteiger partial charge on any atom is 0.344 e. The number of thiophene rings is 4. The Morgan fingerprint density at radius 3 is 1.56 bits per heavy atom. The Balaban J connectivity index is 0.000000128. The number of aliphatic hydroxyl groups excluding tert-OH is 1. The van der Waals surface area contributed by atoms with Gasteiger partial charge in [0.2, 0.25) is 17.1 Å². The zero-order valence-corrected chi connectivity index (χ0v) is 81.3. The van der Waals surface area contributed by atoms with Crippen molar-refractivity contribution in [2.75, 3.05) is 156 Å². The molecule has 11 heterocycles. The number of aryl methyl sites for hydroxylation is 3. The smallest absolute Gasteiger partial charge is 0.344 e. The fourth-order valence-electron chi connectivity index (χ4n) is 16.3. The van der Waals surface area contributed by atoms with Crippen molar-refractivity contribution in [3.05, 3.63) is 332 Å². The van der Waals surface area contributed by atoms with Crippen molar-refractivity contribution < 1.29 is 47.9 Å². The largest absolute Gasteiger partial charge is 0.477 e. The van der Waals surface area contributed by atoms with Crippen LogP contribution in [0.4, 0.5) is 46.6 Å². The Hall–Kier alpha value is -11.1. The number of rotatable bonds is 19. The van der Waals surface area contributed by atoms with Crippen molar-refractivity contribution in [1.82, 2.24) is 14.5 Å². The highest BCUT2D eigenvalue weighted by Crippen LogP contribution is 2.48. The Kier molecular flexibility index (Phi) is 33.7. The van der Waals surface area contributed by atoms with E-state index in [-0.39, 0.29) is 47.0 Å². The molecule has 688 valence electrons. The number of hydrogen-bond donors (Lipinski definition) is 2. The monoisotopic (exact) mass is 1970 g/mol. The second-order valence-corrected chi connectivity index (χ2v) is 39.4. The van der Waals surface area contributed by atoms with Gasteiger partial charge in [-0.2, -0.15) is 0 Å². The number of fused-ring (bicyclic) bond motifs is 3. The number of para-hydroxylation sites is 1. The normalized spacial score (nSPS) is 14.9. The number of thiazole rings is 1. The molecule has 0 radical (unpaired) electrons. The second-order valence-electron chi connectivity index (χ2n) is 32.2. The number of aliphatic hydroxyl groups is 1. The highest BCUT2D eigenvalue weighted by atomic mass is 35.5. The molecule has 1 atom stereocenters. The van der Waals surface area contributed by atoms with Crippen molar-refractivity contribution in [1.29, 1.82) is 0 Å². The third-order valence-electron chi connectivity index (χ3n) is 23.4. The molecule has 0 spiro atoms. The molecule has 21 nitrogen and oxygen atoms in total. The van der Waals surface area contributed by atoms with E-state index in [9.17, 15) is 29.0 Å². The Bertz CT molecular complexity index is 6840. The molecule has 19 rings (SSSR count). The first-order valence-corrected chi connectivity index (χ1v) is 49.5. The minimum Gasteiger partial charge on any atom is -0.477 e. The van der Waals surface area contributed by atoms with Crippen LogP contribution in [0.1, 0.15) is 109 Å². The number of nitrogens with zero attached hydrogens (tertiary/aromatic N) is 11. The molecule has 5 saturated heterocycles. The number of morpholine rings is 5. The summed E-state index contributed by atoms with van der Waals surface area (Å²) < 4.78 is 43.3. The predicted molar refractivity (Wildman–Crippen MR) is 545 cm³/mol. The molecule has 5 aliphatic heterocycles. The number of ether oxygens (including phenoxy) is 5. The number of carbonyl (C=O) groups is 2. The SMILES string of the molecule is CCC(=O)c1sc(N2CCOCC2)nc1Cc1ccc(Cl)c(Cl)c1.Cc1sc(N2CCOCC2)c(C#Cc2ccccc2)c1Cc1ccc(Cl)c(Cl)c1.[C-]#[N+]c1c(N2CCOC(CO)C2)sc(C)c1Cc1ccc2ccccc2c1.[C-]#[N+]c1c(N2CCOCC2)sc(C(=O)O)c1Cn1cnc2ccccc2c1=O.[C-]#[N+]c1c(N2CCOCC2)sc(C)c1Cc1cc2ccccc2cc1F. The van der Waals surface area contributed by atoms with Gasteiger partial charge in [-0.05, 0) is 171 Å². The van der Waals surface area contributed by atoms with Crippen LogP contribution in [0.5, 0.6) is 0 Å². The molecule has 0 saturated carbocycles. The lowest BCUT2D eigenvalue weighted by Crippen LogP contribution is -2.43. The van der Waals surface area contributed by atoms with Gasteiger partial charge >= 0.3 is 5.97 Å². The molecule has 1 unspecified atom stereocenters. The molecule has 0 amide bonds. The van der Waals surface area contributed by atoms with Crippen LogP contribution in [0.25, 0.3) is 47.0 Å². The molecule has 134 heavy (non-hydrogen) atoms. The lowest BCUT2D eigenvalue weighted by atomic mass is 10.00. The van der Waals surface area contributed by atoms with E-state index in [1.54, 1.807) is 59.1 Å². The van der Waals surface area contributed by atoms with E-state index in [0.717, 1.165) is 164 Å². The van der Waals surface area contributed by atoms with Crippen LogP contribution in [-0.2, 0) is 55.9 Å². The average Bonchev–Trinajstić information content (AvgIpc) is 1.64. The number of ketones is 1. The van der Waals surface area contributed by atoms with Gasteiger partial charge < -0.3 is 58.4 Å². The molecule has 5 aliphatic rings. The first kappa shape index (κ1) is 97.4. The summed E-state index contributed by atoms with van der Waals surface area (Å²) in [5, 5.41) is 30.9. The van der Waals surface area contributed by atoms with Gasteiger partial charge in [0.25, 0.3) is 5.56 Å². The van der Waals surface area contributed by atoms with E-state index < -0.39 is 5.97 Å². The summed E-state index contributed by atoms with van der Waals surface area (Å²) in [6, 6.07) is 54.6. The van der Waals surface area contributed by atoms with Gasteiger partial charge in [-0.25, -0.2) is 33.7 Å². The van der Waals surface area contributed by atoms with E-state index in [0.29, 0.717) is 138 Å². The Morgan fingerprint density at radius 2 is 0.978 bits per heavy atom. The summed E-state index contributed by atoms with van der Waals surface area (Å²) in [4.78, 5) is 72.6. The quantitative estimate of drug-likeness (QED) is 0.0440. The molecule has 5 fully saturated rings. The zero-order valence-electron chi connectivity index (χ0n) is 74.2. The minimum absolute atomic E-state index is 0.0121. The van der Waals surface area contributed by atoms with Crippen molar-refractivity contribution in [3.63, 3.8) is 0 Å². The molecule has 0 bridgehead atoms. The number of aromatic nitrogens is 3. The summed E-state index contributed by atoms with van der Waals surface area (Å²) in [5.41, 5.74) is 12.6. The predicted octanol–water partition coefficient (Wildman–Crippen LogP) is 23.1. The van der Waals surface area contributed by atoms with E-state index in [4.69, 9.17) is 94.8 Å². The minimum atomic E-state index is -1.11. The van der Waals surface area contributed by atoms with Gasteiger partial charge in [0.1, 0.15) is 15.7 Å². The van der Waals surface area contributed by atoms with Gasteiger partial charge in [-0.1, -0.05) is 186 Å². The van der Waals surface area contributed by atoms with Crippen LogP contribution >= 0.6 is 103 Å². The van der Waals surface area contributed by atoms with Crippen LogP contribution in [0.3, 0.4) is 0 Å². The van der Waals surface area contributed by atoms with Crippen LogP contribution in [0, 0.1) is 58.1 Å². The maximum absolute atomic E-state index is 14.6. The molecule has 8 aromatic carbocycles. The fourth-order valence-corrected chi connectivity index (χ4v) is 22.7. The number of benzene rings is 8. The molecular formula is C103H96Cl4FN11O10S5. The van der Waals surface area contributed by atoms with Gasteiger partial charge in [-0.3, -0.25) is 14.2 Å². The summed E-state index contributed by atoms with van der Waals surface area (Å²) >= 11 is 32.1. The van der Waals surface area contributed by atoms with E-state index in [1.807, 2.05) is 121 Å². The Labute approximate surface area is 818 Å². The van der Waals surface area contributed by atoms with Crippen LogP contribution in [-0.4, -0.2) is 174 Å². The number of carbonyl (C=O) groups excluding carboxylic acids is 1. The summed E-state index contributed by atoms with van der Waals surface area (Å²) in [7, 11) is 0. The summed E-state index contributed by atoms with van der Waals surface area (Å²) in [6.07, 6.45) is 4.25. The number of Topliss-reactive ketones (excluding diaryl/α,β-unsaturated/α-hetero) is 1. The van der Waals surface area contributed by atoms with Gasteiger partial charge in [0.15, 0.2) is 10.9 Å². The third kappa shape index (κ3) is 23.7. The Morgan fingerprint density at radius 1 is 0.500 bits per heavy atom. The number of anilines is 5.